The van der Waals surface area contributed by atoms with Crippen molar-refractivity contribution in [3.05, 3.63) is 126 Å². The molecule has 0 fully saturated rings. The molecule has 158 valence electrons. The number of nitrogens with zero attached hydrogens (tertiary/aromatic N) is 3. The minimum atomic E-state index is 1.03. The molecule has 33 heavy (non-hydrogen) atoms. The molecule has 0 amide bonds. The minimum absolute atomic E-state index is 1.03. The fourth-order valence-corrected chi connectivity index (χ4v) is 5.08. The average Bonchev–Trinajstić information content (AvgIpc) is 3.22. The van der Waals surface area contributed by atoms with Gasteiger partial charge in [0.25, 0.3) is 0 Å². The first-order chi connectivity index (χ1) is 16.3. The monoisotopic (exact) mass is 489 g/mol. The van der Waals surface area contributed by atoms with Crippen LogP contribution in [0.1, 0.15) is 0 Å². The van der Waals surface area contributed by atoms with Gasteiger partial charge in [-0.15, -0.1) is 0 Å². The standard InChI is InChI=1S/C29H20BrN3/c30-26-12-6-14-28-29(26)25-11-4-5-13-27(25)33(28)23-17-15-22(16-18-23)32(21-8-2-1-3-9-21)24-10-7-19-31-20-24/h1-20H. The normalized spacial score (nSPS) is 11.2. The molecule has 6 rings (SSSR count). The van der Waals surface area contributed by atoms with Crippen molar-refractivity contribution >= 4 is 54.8 Å². The molecule has 0 N–H and O–H groups in total. The Labute approximate surface area is 200 Å². The first-order valence-corrected chi connectivity index (χ1v) is 11.6. The van der Waals surface area contributed by atoms with E-state index in [1.54, 1.807) is 6.20 Å². The molecule has 0 bridgehead atoms. The number of hydrogen-bond acceptors (Lipinski definition) is 2. The van der Waals surface area contributed by atoms with Crippen LogP contribution in [0.2, 0.25) is 0 Å². The molecular formula is C29H20BrN3. The van der Waals surface area contributed by atoms with Crippen LogP contribution in [0.15, 0.2) is 126 Å². The highest BCUT2D eigenvalue weighted by atomic mass is 79.9. The Bertz CT molecular complexity index is 1520. The molecule has 3 nitrogen and oxygen atoms in total. The van der Waals surface area contributed by atoms with Gasteiger partial charge in [0.05, 0.1) is 22.9 Å². The van der Waals surface area contributed by atoms with Gasteiger partial charge in [0.2, 0.25) is 0 Å². The Kier molecular flexibility index (Phi) is 4.93. The summed E-state index contributed by atoms with van der Waals surface area (Å²) in [7, 11) is 0. The van der Waals surface area contributed by atoms with Gasteiger partial charge in [-0.25, -0.2) is 0 Å². The zero-order valence-electron chi connectivity index (χ0n) is 17.8. The fourth-order valence-electron chi connectivity index (χ4n) is 4.51. The van der Waals surface area contributed by atoms with Gasteiger partial charge in [-0.1, -0.05) is 58.4 Å². The van der Waals surface area contributed by atoms with Crippen molar-refractivity contribution in [1.82, 2.24) is 9.55 Å². The highest BCUT2D eigenvalue weighted by Gasteiger charge is 2.16. The van der Waals surface area contributed by atoms with E-state index in [9.17, 15) is 0 Å². The highest BCUT2D eigenvalue weighted by molar-refractivity contribution is 9.10. The van der Waals surface area contributed by atoms with Crippen LogP contribution in [-0.2, 0) is 0 Å². The van der Waals surface area contributed by atoms with E-state index in [2.05, 4.69) is 127 Å². The van der Waals surface area contributed by atoms with Crippen molar-refractivity contribution in [2.75, 3.05) is 4.90 Å². The maximum Gasteiger partial charge on any atom is 0.0644 e. The van der Waals surface area contributed by atoms with Crippen LogP contribution in [0, 0.1) is 0 Å². The number of para-hydroxylation sites is 2. The summed E-state index contributed by atoms with van der Waals surface area (Å²) < 4.78 is 3.44. The van der Waals surface area contributed by atoms with Crippen molar-refractivity contribution in [1.29, 1.82) is 0 Å². The van der Waals surface area contributed by atoms with E-state index in [4.69, 9.17) is 0 Å². The zero-order chi connectivity index (χ0) is 22.2. The average molecular weight is 490 g/mol. The Hall–Kier alpha value is -3.89. The SMILES string of the molecule is Brc1cccc2c1c1ccccc1n2-c1ccc(N(c2ccccc2)c2cccnc2)cc1. The van der Waals surface area contributed by atoms with E-state index in [0.717, 1.165) is 27.2 Å². The molecule has 4 aromatic carbocycles. The Morgan fingerprint density at radius 3 is 2.09 bits per heavy atom. The lowest BCUT2D eigenvalue weighted by molar-refractivity contribution is 1.17. The summed E-state index contributed by atoms with van der Waals surface area (Å²) in [6.45, 7) is 0. The van der Waals surface area contributed by atoms with Gasteiger partial charge in [-0.2, -0.15) is 0 Å². The molecule has 0 aliphatic heterocycles. The first kappa shape index (κ1) is 19.8. The van der Waals surface area contributed by atoms with Gasteiger partial charge < -0.3 is 9.47 Å². The second-order valence-electron chi connectivity index (χ2n) is 7.89. The number of pyridine rings is 1. The Balaban J connectivity index is 1.51. The van der Waals surface area contributed by atoms with Gasteiger partial charge in [0.1, 0.15) is 0 Å². The van der Waals surface area contributed by atoms with Crippen LogP contribution < -0.4 is 4.90 Å². The van der Waals surface area contributed by atoms with Crippen molar-refractivity contribution in [2.24, 2.45) is 0 Å². The number of hydrogen-bond donors (Lipinski definition) is 0. The number of aromatic nitrogens is 2. The van der Waals surface area contributed by atoms with E-state index in [1.165, 1.54) is 21.8 Å². The zero-order valence-corrected chi connectivity index (χ0v) is 19.4. The summed E-state index contributed by atoms with van der Waals surface area (Å²) in [4.78, 5) is 6.56. The van der Waals surface area contributed by atoms with E-state index < -0.39 is 0 Å². The van der Waals surface area contributed by atoms with Gasteiger partial charge in [0, 0.05) is 38.5 Å². The highest BCUT2D eigenvalue weighted by Crippen LogP contribution is 2.38. The molecular weight excluding hydrogens is 470 g/mol. The van der Waals surface area contributed by atoms with Crippen LogP contribution in [-0.4, -0.2) is 9.55 Å². The van der Waals surface area contributed by atoms with E-state index in [1.807, 2.05) is 18.3 Å². The second-order valence-corrected chi connectivity index (χ2v) is 8.74. The third kappa shape index (κ3) is 3.40. The molecule has 2 aromatic heterocycles. The van der Waals surface area contributed by atoms with Crippen molar-refractivity contribution in [2.45, 2.75) is 0 Å². The van der Waals surface area contributed by atoms with Crippen molar-refractivity contribution in [3.63, 3.8) is 0 Å². The van der Waals surface area contributed by atoms with Crippen LogP contribution in [0.4, 0.5) is 17.1 Å². The van der Waals surface area contributed by atoms with E-state index in [-0.39, 0.29) is 0 Å². The van der Waals surface area contributed by atoms with Gasteiger partial charge in [0.15, 0.2) is 0 Å². The Morgan fingerprint density at radius 1 is 0.606 bits per heavy atom. The number of benzene rings is 4. The lowest BCUT2D eigenvalue weighted by Crippen LogP contribution is -2.10. The lowest BCUT2D eigenvalue weighted by atomic mass is 10.2. The summed E-state index contributed by atoms with van der Waals surface area (Å²) in [5.41, 5.74) is 6.71. The molecule has 4 heteroatoms. The van der Waals surface area contributed by atoms with Crippen molar-refractivity contribution in [3.8, 4) is 5.69 Å². The molecule has 0 aliphatic carbocycles. The van der Waals surface area contributed by atoms with Crippen LogP contribution in [0.25, 0.3) is 27.5 Å². The maximum absolute atomic E-state index is 4.34. The largest absolute Gasteiger partial charge is 0.309 e. The molecule has 0 unspecified atom stereocenters. The second kappa shape index (κ2) is 8.23. The van der Waals surface area contributed by atoms with Crippen LogP contribution >= 0.6 is 15.9 Å². The lowest BCUT2D eigenvalue weighted by Gasteiger charge is -2.25. The molecule has 6 aromatic rings. The van der Waals surface area contributed by atoms with Crippen molar-refractivity contribution < 1.29 is 0 Å². The molecule has 0 saturated carbocycles. The maximum atomic E-state index is 4.34. The molecule has 0 saturated heterocycles. The summed E-state index contributed by atoms with van der Waals surface area (Å²) in [5, 5.41) is 2.48. The molecule has 0 atom stereocenters. The van der Waals surface area contributed by atoms with Crippen LogP contribution in [0.5, 0.6) is 0 Å². The van der Waals surface area contributed by atoms with Gasteiger partial charge in [-0.3, -0.25) is 4.98 Å². The van der Waals surface area contributed by atoms with E-state index in [0.29, 0.717) is 0 Å². The number of halogens is 1. The first-order valence-electron chi connectivity index (χ1n) is 10.8. The molecule has 0 radical (unpaired) electrons. The number of anilines is 3. The minimum Gasteiger partial charge on any atom is -0.309 e. The predicted octanol–water partition coefficient (Wildman–Crippen LogP) is 8.41. The predicted molar refractivity (Wildman–Crippen MR) is 141 cm³/mol. The smallest absolute Gasteiger partial charge is 0.0644 e. The molecule has 0 spiro atoms. The summed E-state index contributed by atoms with van der Waals surface area (Å²) in [6.07, 6.45) is 3.70. The summed E-state index contributed by atoms with van der Waals surface area (Å²) in [5.74, 6) is 0. The fraction of sp³-hybridized carbons (Fsp3) is 0. The summed E-state index contributed by atoms with van der Waals surface area (Å²) >= 11 is 3.76. The van der Waals surface area contributed by atoms with Gasteiger partial charge >= 0.3 is 0 Å². The number of rotatable bonds is 4. The third-order valence-electron chi connectivity index (χ3n) is 5.93. The quantitative estimate of drug-likeness (QED) is 0.247. The topological polar surface area (TPSA) is 21.1 Å². The van der Waals surface area contributed by atoms with E-state index >= 15 is 0 Å². The van der Waals surface area contributed by atoms with Gasteiger partial charge in [-0.05, 0) is 66.7 Å². The molecule has 0 aliphatic rings. The van der Waals surface area contributed by atoms with Crippen LogP contribution in [0.3, 0.4) is 0 Å². The Morgan fingerprint density at radius 2 is 1.30 bits per heavy atom. The summed E-state index contributed by atoms with van der Waals surface area (Å²) in [6, 6.07) is 38.1. The molecule has 2 heterocycles. The number of fused-ring (bicyclic) bond motifs is 3. The third-order valence-corrected chi connectivity index (χ3v) is 6.59.